The minimum atomic E-state index is 0.0416. The minimum Gasteiger partial charge on any atom is -0.349 e. The molecule has 1 heterocycles. The highest BCUT2D eigenvalue weighted by molar-refractivity contribution is 9.13. The highest BCUT2D eigenvalue weighted by atomic mass is 79.9. The van der Waals surface area contributed by atoms with E-state index in [0.29, 0.717) is 0 Å². The molecule has 1 amide bonds. The zero-order chi connectivity index (χ0) is 15.1. The van der Waals surface area contributed by atoms with E-state index < -0.39 is 0 Å². The smallest absolute Gasteiger partial charge is 0.261 e. The number of nitrogens with one attached hydrogen (secondary N) is 1. The highest BCUT2D eigenvalue weighted by Gasteiger charge is 2.39. The molecule has 1 fully saturated rings. The van der Waals surface area contributed by atoms with Crippen LogP contribution in [0.1, 0.15) is 56.6 Å². The fourth-order valence-electron chi connectivity index (χ4n) is 3.66. The number of hydrogen-bond acceptors (Lipinski definition) is 2. The first-order valence-corrected chi connectivity index (χ1v) is 9.24. The van der Waals surface area contributed by atoms with Gasteiger partial charge in [0.05, 0.1) is 8.66 Å². The lowest BCUT2D eigenvalue weighted by Gasteiger charge is -2.45. The molecule has 1 N–H and O–H groups in total. The van der Waals surface area contributed by atoms with Crippen LogP contribution >= 0.6 is 43.2 Å². The maximum Gasteiger partial charge on any atom is 0.261 e. The van der Waals surface area contributed by atoms with Gasteiger partial charge in [-0.15, -0.1) is 11.3 Å². The Balaban J connectivity index is 2.07. The predicted octanol–water partition coefficient (Wildman–Crippen LogP) is 5.61. The zero-order valence-corrected chi connectivity index (χ0v) is 16.3. The second kappa shape index (κ2) is 5.73. The molecule has 0 atom stereocenters. The Morgan fingerprint density at radius 3 is 2.25 bits per heavy atom. The van der Waals surface area contributed by atoms with Gasteiger partial charge in [-0.2, -0.15) is 0 Å². The van der Waals surface area contributed by atoms with Crippen molar-refractivity contribution in [3.8, 4) is 0 Å². The van der Waals surface area contributed by atoms with E-state index in [1.54, 1.807) is 0 Å². The van der Waals surface area contributed by atoms with Crippen molar-refractivity contribution in [1.82, 2.24) is 5.32 Å². The van der Waals surface area contributed by atoms with Crippen LogP contribution < -0.4 is 5.32 Å². The summed E-state index contributed by atoms with van der Waals surface area (Å²) in [6, 6.07) is 2.14. The highest BCUT2D eigenvalue weighted by Crippen LogP contribution is 2.45. The molecule has 0 saturated heterocycles. The summed E-state index contributed by atoms with van der Waals surface area (Å²) in [4.78, 5) is 13.1. The van der Waals surface area contributed by atoms with Gasteiger partial charge in [-0.25, -0.2) is 0 Å². The van der Waals surface area contributed by atoms with Crippen LogP contribution in [0, 0.1) is 10.8 Å². The van der Waals surface area contributed by atoms with E-state index in [9.17, 15) is 4.79 Å². The summed E-state index contributed by atoms with van der Waals surface area (Å²) >= 11 is 8.34. The van der Waals surface area contributed by atoms with Gasteiger partial charge in [0, 0.05) is 10.5 Å². The number of rotatable bonds is 2. The topological polar surface area (TPSA) is 29.1 Å². The summed E-state index contributed by atoms with van der Waals surface area (Å²) in [7, 11) is 0. The van der Waals surface area contributed by atoms with Gasteiger partial charge >= 0.3 is 0 Å². The van der Waals surface area contributed by atoms with E-state index in [1.807, 2.05) is 6.07 Å². The van der Waals surface area contributed by atoms with Gasteiger partial charge < -0.3 is 5.32 Å². The van der Waals surface area contributed by atoms with Crippen molar-refractivity contribution in [2.45, 2.75) is 53.0 Å². The van der Waals surface area contributed by atoms with Gasteiger partial charge in [0.1, 0.15) is 0 Å². The average Bonchev–Trinajstić information content (AvgIpc) is 2.54. The summed E-state index contributed by atoms with van der Waals surface area (Å²) in [6.07, 6.45) is 3.31. The molecule has 20 heavy (non-hydrogen) atoms. The number of carbonyl (C=O) groups excluding carboxylic acids is 1. The molecule has 2 nitrogen and oxygen atoms in total. The van der Waals surface area contributed by atoms with Gasteiger partial charge in [0.15, 0.2) is 0 Å². The standard InChI is InChI=1S/C15H21Br2NOS/c1-14(2)6-9(7-15(3,4)8-14)18-13(19)11-5-10(16)12(17)20-11/h5,9H,6-8H2,1-4H3,(H,18,19). The fourth-order valence-corrected chi connectivity index (χ4v) is 5.60. The van der Waals surface area contributed by atoms with E-state index in [-0.39, 0.29) is 22.8 Å². The molecule has 0 unspecified atom stereocenters. The van der Waals surface area contributed by atoms with Gasteiger partial charge in [-0.05, 0) is 68.0 Å². The zero-order valence-electron chi connectivity index (χ0n) is 12.3. The number of thiophene rings is 1. The van der Waals surface area contributed by atoms with Crippen LogP contribution in [0.5, 0.6) is 0 Å². The molecule has 1 saturated carbocycles. The summed E-state index contributed by atoms with van der Waals surface area (Å²) in [5.41, 5.74) is 0.576. The van der Waals surface area contributed by atoms with Crippen molar-refractivity contribution in [3.63, 3.8) is 0 Å². The van der Waals surface area contributed by atoms with Crippen molar-refractivity contribution < 1.29 is 4.79 Å². The SMILES string of the molecule is CC1(C)CC(NC(=O)c2cc(Br)c(Br)s2)CC(C)(C)C1. The monoisotopic (exact) mass is 421 g/mol. The number of halogens is 2. The summed E-state index contributed by atoms with van der Waals surface area (Å²) in [5, 5.41) is 3.22. The molecule has 1 aliphatic carbocycles. The van der Waals surface area contributed by atoms with Crippen LogP contribution in [0.15, 0.2) is 14.3 Å². The molecule has 0 aromatic carbocycles. The maximum atomic E-state index is 12.4. The molecule has 1 aromatic rings. The van der Waals surface area contributed by atoms with Crippen molar-refractivity contribution in [1.29, 1.82) is 0 Å². The molecule has 112 valence electrons. The second-order valence-corrected chi connectivity index (χ2v) is 10.5. The third-order valence-electron chi connectivity index (χ3n) is 3.76. The Kier molecular flexibility index (Phi) is 4.73. The fraction of sp³-hybridized carbons (Fsp3) is 0.667. The van der Waals surface area contributed by atoms with Crippen molar-refractivity contribution in [2.75, 3.05) is 0 Å². The first kappa shape index (κ1) is 16.5. The second-order valence-electron chi connectivity index (χ2n) is 7.32. The van der Waals surface area contributed by atoms with Crippen molar-refractivity contribution in [3.05, 3.63) is 19.2 Å². The van der Waals surface area contributed by atoms with Crippen molar-refractivity contribution in [2.24, 2.45) is 10.8 Å². The predicted molar refractivity (Wildman–Crippen MR) is 92.4 cm³/mol. The Bertz CT molecular complexity index is 486. The normalized spacial score (nSPS) is 21.7. The van der Waals surface area contributed by atoms with E-state index in [2.05, 4.69) is 64.9 Å². The minimum absolute atomic E-state index is 0.0416. The van der Waals surface area contributed by atoms with E-state index >= 15 is 0 Å². The van der Waals surface area contributed by atoms with Crippen LogP contribution in [-0.2, 0) is 0 Å². The lowest BCUT2D eigenvalue weighted by Crippen LogP contribution is -2.45. The lowest BCUT2D eigenvalue weighted by molar-refractivity contribution is 0.0716. The number of hydrogen-bond donors (Lipinski definition) is 1. The quantitative estimate of drug-likeness (QED) is 0.659. The summed E-state index contributed by atoms with van der Waals surface area (Å²) < 4.78 is 1.91. The van der Waals surface area contributed by atoms with Gasteiger partial charge in [-0.3, -0.25) is 4.79 Å². The third kappa shape index (κ3) is 4.08. The van der Waals surface area contributed by atoms with Crippen LogP contribution in [0.3, 0.4) is 0 Å². The van der Waals surface area contributed by atoms with Gasteiger partial charge in [0.25, 0.3) is 5.91 Å². The lowest BCUT2D eigenvalue weighted by atomic mass is 9.63. The molecule has 5 heteroatoms. The third-order valence-corrected chi connectivity index (χ3v) is 7.01. The molecule has 2 rings (SSSR count). The van der Waals surface area contributed by atoms with Crippen LogP contribution in [0.25, 0.3) is 0 Å². The van der Waals surface area contributed by atoms with Crippen LogP contribution in [-0.4, -0.2) is 11.9 Å². The first-order valence-electron chi connectivity index (χ1n) is 6.84. The van der Waals surface area contributed by atoms with E-state index in [1.165, 1.54) is 17.8 Å². The molecular formula is C15H21Br2NOS. The molecule has 0 aliphatic heterocycles. The summed E-state index contributed by atoms with van der Waals surface area (Å²) in [5.74, 6) is 0.0416. The molecule has 0 bridgehead atoms. The summed E-state index contributed by atoms with van der Waals surface area (Å²) in [6.45, 7) is 9.19. The molecule has 0 spiro atoms. The molecule has 1 aliphatic rings. The maximum absolute atomic E-state index is 12.4. The Morgan fingerprint density at radius 1 is 1.25 bits per heavy atom. The number of amides is 1. The van der Waals surface area contributed by atoms with Gasteiger partial charge in [-0.1, -0.05) is 27.7 Å². The van der Waals surface area contributed by atoms with Crippen LogP contribution in [0.2, 0.25) is 0 Å². The van der Waals surface area contributed by atoms with Crippen molar-refractivity contribution >= 4 is 49.1 Å². The van der Waals surface area contributed by atoms with E-state index in [4.69, 9.17) is 0 Å². The Hall–Kier alpha value is 0.130. The average molecular weight is 423 g/mol. The molecular weight excluding hydrogens is 402 g/mol. The number of carbonyl (C=O) groups is 1. The first-order chi connectivity index (χ1) is 9.08. The van der Waals surface area contributed by atoms with E-state index in [0.717, 1.165) is 26.0 Å². The van der Waals surface area contributed by atoms with Gasteiger partial charge in [0.2, 0.25) is 0 Å². The van der Waals surface area contributed by atoms with Crippen LogP contribution in [0.4, 0.5) is 0 Å². The Labute approximate surface area is 142 Å². The molecule has 1 aromatic heterocycles. The largest absolute Gasteiger partial charge is 0.349 e. The Morgan fingerprint density at radius 2 is 1.80 bits per heavy atom. The molecule has 0 radical (unpaired) electrons.